The Morgan fingerprint density at radius 3 is 0.943 bits per heavy atom. The number of esters is 2. The van der Waals surface area contributed by atoms with Crippen LogP contribution in [0.15, 0.2) is 72.9 Å². The quantitative estimate of drug-likeness (QED) is 0.0264. The average molecular weight is 1240 g/mol. The summed E-state index contributed by atoms with van der Waals surface area (Å²) in [6.45, 7) is 3.69. The molecule has 0 spiro atoms. The molecule has 0 aromatic carbocycles. The van der Waals surface area contributed by atoms with Gasteiger partial charge in [-0.3, -0.25) is 18.6 Å². The highest BCUT2D eigenvalue weighted by molar-refractivity contribution is 7.47. The van der Waals surface area contributed by atoms with E-state index in [1.54, 1.807) is 0 Å². The van der Waals surface area contributed by atoms with Crippen LogP contribution in [0, 0.1) is 0 Å². The lowest BCUT2D eigenvalue weighted by atomic mass is 10.0. The van der Waals surface area contributed by atoms with Crippen molar-refractivity contribution in [2.75, 3.05) is 26.4 Å². The van der Waals surface area contributed by atoms with E-state index >= 15 is 0 Å². The molecule has 0 saturated heterocycles. The van der Waals surface area contributed by atoms with E-state index in [1.165, 1.54) is 263 Å². The van der Waals surface area contributed by atoms with Crippen LogP contribution in [0.3, 0.4) is 0 Å². The Hall–Kier alpha value is -2.55. The Morgan fingerprint density at radius 1 is 0.356 bits per heavy atom. The second-order valence-corrected chi connectivity index (χ2v) is 26.6. The lowest BCUT2D eigenvalue weighted by Gasteiger charge is -2.19. The third-order valence-electron chi connectivity index (χ3n) is 16.6. The van der Waals surface area contributed by atoms with Gasteiger partial charge in [-0.1, -0.05) is 369 Å². The largest absolute Gasteiger partial charge is 0.472 e. The van der Waals surface area contributed by atoms with E-state index in [0.717, 1.165) is 77.0 Å². The van der Waals surface area contributed by atoms with Gasteiger partial charge in [0.1, 0.15) is 6.61 Å². The van der Waals surface area contributed by atoms with Gasteiger partial charge in [-0.2, -0.15) is 0 Å². The predicted molar refractivity (Wildman–Crippen MR) is 376 cm³/mol. The van der Waals surface area contributed by atoms with Gasteiger partial charge in [-0.05, 0) is 64.2 Å². The van der Waals surface area contributed by atoms with Gasteiger partial charge in [0.15, 0.2) is 6.10 Å². The van der Waals surface area contributed by atoms with E-state index in [2.05, 4.69) is 86.8 Å². The molecule has 0 bridgehead atoms. The number of nitrogens with two attached hydrogens (primary N) is 1. The van der Waals surface area contributed by atoms with Gasteiger partial charge in [0.25, 0.3) is 0 Å². The standard InChI is InChI=1S/C77H142NO8P/c1-3-5-7-9-11-13-15-17-19-21-23-25-27-29-31-33-35-37-39-41-43-45-47-49-51-53-55-57-59-61-63-65-67-69-76(79)83-73-75(74-85-87(81,82)84-72-71-78)86-77(80)70-68-66-64-62-60-58-56-54-52-50-48-46-44-42-40-38-36-34-32-30-28-26-24-22-20-18-16-14-12-10-8-6-4-2/h6,8,12,14,18,20,24,26,30,32,36,38,75H,3-5,7,9-11,13,15-17,19,21-23,25,27-29,31,33-35,37,39-74,78H2,1-2H3,(H,81,82)/b8-6-,14-12-,20-18-,26-24-,32-30-,38-36-. The van der Waals surface area contributed by atoms with Crippen LogP contribution in [0.2, 0.25) is 0 Å². The van der Waals surface area contributed by atoms with Crippen molar-refractivity contribution in [3.8, 4) is 0 Å². The molecule has 10 heteroatoms. The molecule has 2 atom stereocenters. The maximum absolute atomic E-state index is 12.8. The lowest BCUT2D eigenvalue weighted by Crippen LogP contribution is -2.29. The number of allylic oxidation sites excluding steroid dienone is 12. The summed E-state index contributed by atoms with van der Waals surface area (Å²) < 4.78 is 33.2. The highest BCUT2D eigenvalue weighted by Gasteiger charge is 2.26. The molecule has 0 aliphatic carbocycles. The molecule has 0 rings (SSSR count). The van der Waals surface area contributed by atoms with Crippen LogP contribution in [0.5, 0.6) is 0 Å². The van der Waals surface area contributed by atoms with Crippen molar-refractivity contribution in [3.63, 3.8) is 0 Å². The molecule has 508 valence electrons. The smallest absolute Gasteiger partial charge is 0.462 e. The van der Waals surface area contributed by atoms with Crippen LogP contribution >= 0.6 is 7.82 Å². The first-order chi connectivity index (χ1) is 42.8. The summed E-state index contributed by atoms with van der Waals surface area (Å²) in [7, 11) is -4.40. The summed E-state index contributed by atoms with van der Waals surface area (Å²) >= 11 is 0. The molecule has 0 aromatic rings. The van der Waals surface area contributed by atoms with Crippen molar-refractivity contribution in [3.05, 3.63) is 72.9 Å². The normalized spacial score (nSPS) is 13.3. The summed E-state index contributed by atoms with van der Waals surface area (Å²) in [5.41, 5.74) is 5.41. The number of unbranched alkanes of at least 4 members (excludes halogenated alkanes) is 46. The Kier molecular flexibility index (Phi) is 70.4. The molecule has 2 unspecified atom stereocenters. The Balaban J connectivity index is 3.82. The Labute approximate surface area is 539 Å². The number of hydrogen-bond donors (Lipinski definition) is 2. The topological polar surface area (TPSA) is 134 Å². The van der Waals surface area contributed by atoms with Crippen LogP contribution in [-0.4, -0.2) is 49.3 Å². The van der Waals surface area contributed by atoms with E-state index in [4.69, 9.17) is 24.3 Å². The molecule has 9 nitrogen and oxygen atoms in total. The minimum Gasteiger partial charge on any atom is -0.462 e. The summed E-state index contributed by atoms with van der Waals surface area (Å²) in [5, 5.41) is 0. The third kappa shape index (κ3) is 72.4. The lowest BCUT2D eigenvalue weighted by molar-refractivity contribution is -0.161. The van der Waals surface area contributed by atoms with Gasteiger partial charge in [0, 0.05) is 19.4 Å². The fraction of sp³-hybridized carbons (Fsp3) is 0.818. The SMILES string of the molecule is CC/C=C\C/C=C\C/C=C\C/C=C\C/C=C\C/C=C\CCCCCCCCCCCCCCCCC(=O)OC(COC(=O)CCCCCCCCCCCCCCCCCCCCCCCCCCCCCCCCCCC)COP(=O)(O)OCCN. The van der Waals surface area contributed by atoms with E-state index < -0.39 is 26.5 Å². The fourth-order valence-electron chi connectivity index (χ4n) is 11.1. The average Bonchev–Trinajstić information content (AvgIpc) is 3.64. The molecule has 0 fully saturated rings. The summed E-state index contributed by atoms with van der Waals surface area (Å²) in [5.74, 6) is -0.811. The molecule has 0 saturated carbocycles. The number of rotatable bonds is 71. The van der Waals surface area contributed by atoms with E-state index in [0.29, 0.717) is 6.42 Å². The number of carbonyl (C=O) groups excluding carboxylic acids is 2. The highest BCUT2D eigenvalue weighted by Crippen LogP contribution is 2.43. The van der Waals surface area contributed by atoms with Crippen LogP contribution in [0.1, 0.15) is 373 Å². The van der Waals surface area contributed by atoms with Crippen LogP contribution in [0.25, 0.3) is 0 Å². The zero-order valence-corrected chi connectivity index (χ0v) is 58.2. The van der Waals surface area contributed by atoms with Gasteiger partial charge in [0.2, 0.25) is 0 Å². The van der Waals surface area contributed by atoms with Crippen molar-refractivity contribution in [1.29, 1.82) is 0 Å². The monoisotopic (exact) mass is 1240 g/mol. The summed E-state index contributed by atoms with van der Waals surface area (Å²) in [6, 6.07) is 0. The van der Waals surface area contributed by atoms with Crippen LogP contribution in [0.4, 0.5) is 0 Å². The maximum atomic E-state index is 12.8. The molecule has 0 aliphatic heterocycles. The fourth-order valence-corrected chi connectivity index (χ4v) is 11.9. The van der Waals surface area contributed by atoms with Gasteiger partial charge in [-0.25, -0.2) is 4.57 Å². The first-order valence-electron chi connectivity index (χ1n) is 37.4. The molecule has 0 aliphatic rings. The van der Waals surface area contributed by atoms with Gasteiger partial charge < -0.3 is 20.1 Å². The summed E-state index contributed by atoms with van der Waals surface area (Å²) in [6.07, 6.45) is 95.9. The second kappa shape index (κ2) is 72.5. The molecular formula is C77H142NO8P. The first kappa shape index (κ1) is 84.5. The van der Waals surface area contributed by atoms with E-state index in [1.807, 2.05) is 0 Å². The third-order valence-corrected chi connectivity index (χ3v) is 17.6. The minimum absolute atomic E-state index is 0.0534. The zero-order valence-electron chi connectivity index (χ0n) is 57.3. The molecular weight excluding hydrogens is 1100 g/mol. The number of ether oxygens (including phenoxy) is 2. The highest BCUT2D eigenvalue weighted by atomic mass is 31.2. The van der Waals surface area contributed by atoms with Crippen molar-refractivity contribution in [1.82, 2.24) is 0 Å². The maximum Gasteiger partial charge on any atom is 0.472 e. The molecule has 3 N–H and O–H groups in total. The van der Waals surface area contributed by atoms with Crippen LogP contribution < -0.4 is 5.73 Å². The van der Waals surface area contributed by atoms with Gasteiger partial charge in [-0.15, -0.1) is 0 Å². The van der Waals surface area contributed by atoms with Gasteiger partial charge in [0.05, 0.1) is 13.2 Å². The van der Waals surface area contributed by atoms with Crippen molar-refractivity contribution in [2.24, 2.45) is 5.73 Å². The van der Waals surface area contributed by atoms with Crippen molar-refractivity contribution in [2.45, 2.75) is 380 Å². The molecule has 0 aromatic heterocycles. The minimum atomic E-state index is -4.40. The number of carbonyl (C=O) groups is 2. The molecule has 0 radical (unpaired) electrons. The molecule has 87 heavy (non-hydrogen) atoms. The van der Waals surface area contributed by atoms with Crippen LogP contribution in [-0.2, 0) is 32.7 Å². The summed E-state index contributed by atoms with van der Waals surface area (Å²) in [4.78, 5) is 35.4. The number of phosphoric acid groups is 1. The Morgan fingerprint density at radius 2 is 0.632 bits per heavy atom. The molecule has 0 amide bonds. The van der Waals surface area contributed by atoms with Gasteiger partial charge >= 0.3 is 19.8 Å². The number of phosphoric ester groups is 1. The predicted octanol–water partition coefficient (Wildman–Crippen LogP) is 24.8. The van der Waals surface area contributed by atoms with Crippen molar-refractivity contribution >= 4 is 19.8 Å². The molecule has 0 heterocycles. The van der Waals surface area contributed by atoms with E-state index in [-0.39, 0.29) is 38.6 Å². The van der Waals surface area contributed by atoms with Crippen molar-refractivity contribution < 1.29 is 37.6 Å². The Bertz CT molecular complexity index is 1660. The first-order valence-corrected chi connectivity index (χ1v) is 38.9. The van der Waals surface area contributed by atoms with E-state index in [9.17, 15) is 19.0 Å². The zero-order chi connectivity index (χ0) is 63.0. The number of hydrogen-bond acceptors (Lipinski definition) is 8. The second-order valence-electron chi connectivity index (χ2n) is 25.1.